The summed E-state index contributed by atoms with van der Waals surface area (Å²) in [5, 5.41) is 7.49. The zero-order valence-electron chi connectivity index (χ0n) is 4.40. The molecule has 0 fully saturated rings. The second-order valence-electron chi connectivity index (χ2n) is 1.49. The summed E-state index contributed by atoms with van der Waals surface area (Å²) in [6.07, 6.45) is 0. The van der Waals surface area contributed by atoms with E-state index in [0.29, 0.717) is 16.2 Å². The van der Waals surface area contributed by atoms with Gasteiger partial charge in [-0.3, -0.25) is 0 Å². The van der Waals surface area contributed by atoms with Gasteiger partial charge in [-0.15, -0.1) is 11.3 Å². The highest BCUT2D eigenvalue weighted by molar-refractivity contribution is 7.10. The molecular weight excluding hydrogens is 146 g/mol. The molecular formula is C5H4F2OS. The summed E-state index contributed by atoms with van der Waals surface area (Å²) in [6, 6.07) is 0.986. The van der Waals surface area contributed by atoms with Crippen LogP contribution < -0.4 is 0 Å². The van der Waals surface area contributed by atoms with Crippen molar-refractivity contribution in [3.8, 4) is 0 Å². The largest absolute Gasteiger partial charge is 0.391 e. The molecule has 0 aliphatic rings. The fourth-order valence-corrected chi connectivity index (χ4v) is 1.08. The molecule has 9 heavy (non-hydrogen) atoms. The van der Waals surface area contributed by atoms with Crippen LogP contribution in [0.25, 0.3) is 0 Å². The normalized spacial score (nSPS) is 10.1. The first-order chi connectivity index (χ1) is 4.24. The third-order valence-corrected chi connectivity index (χ3v) is 1.74. The van der Waals surface area contributed by atoms with Gasteiger partial charge in [0.2, 0.25) is 5.13 Å². The number of hydrogen-bond acceptors (Lipinski definition) is 2. The van der Waals surface area contributed by atoms with Gasteiger partial charge < -0.3 is 5.11 Å². The van der Waals surface area contributed by atoms with E-state index in [2.05, 4.69) is 0 Å². The number of rotatable bonds is 1. The maximum Gasteiger partial charge on any atom is 0.212 e. The van der Waals surface area contributed by atoms with E-state index in [1.54, 1.807) is 0 Å². The molecule has 0 aliphatic carbocycles. The first-order valence-corrected chi connectivity index (χ1v) is 3.10. The van der Waals surface area contributed by atoms with Crippen LogP contribution in [-0.2, 0) is 6.61 Å². The topological polar surface area (TPSA) is 20.2 Å². The highest BCUT2D eigenvalue weighted by Gasteiger charge is 2.05. The Morgan fingerprint density at radius 1 is 1.56 bits per heavy atom. The van der Waals surface area contributed by atoms with E-state index in [-0.39, 0.29) is 6.61 Å². The number of aliphatic hydroxyl groups excluding tert-OH is 1. The van der Waals surface area contributed by atoms with Crippen molar-refractivity contribution in [2.75, 3.05) is 0 Å². The minimum absolute atomic E-state index is 0.300. The minimum Gasteiger partial charge on any atom is -0.391 e. The van der Waals surface area contributed by atoms with Crippen LogP contribution in [0.2, 0.25) is 0 Å². The van der Waals surface area contributed by atoms with E-state index in [0.717, 1.165) is 6.07 Å². The molecule has 0 spiro atoms. The van der Waals surface area contributed by atoms with Crippen LogP contribution in [0.1, 0.15) is 4.88 Å². The second-order valence-corrected chi connectivity index (χ2v) is 2.58. The minimum atomic E-state index is -0.885. The Bertz CT molecular complexity index is 189. The van der Waals surface area contributed by atoms with Gasteiger partial charge in [0.25, 0.3) is 0 Å². The molecule has 0 saturated heterocycles. The number of aliphatic hydroxyl groups is 1. The lowest BCUT2D eigenvalue weighted by molar-refractivity contribution is 0.285. The molecule has 0 amide bonds. The summed E-state index contributed by atoms with van der Waals surface area (Å²) >= 11 is 0.623. The number of thiophene rings is 1. The highest BCUT2D eigenvalue weighted by atomic mass is 32.1. The average Bonchev–Trinajstić information content (AvgIpc) is 2.13. The van der Waals surface area contributed by atoms with Crippen LogP contribution in [0.15, 0.2) is 6.07 Å². The number of halogens is 2. The van der Waals surface area contributed by atoms with Crippen LogP contribution in [0.5, 0.6) is 0 Å². The van der Waals surface area contributed by atoms with Crippen molar-refractivity contribution in [1.29, 1.82) is 0 Å². The van der Waals surface area contributed by atoms with Crippen LogP contribution in [0.3, 0.4) is 0 Å². The molecule has 0 saturated carbocycles. The third-order valence-electron chi connectivity index (χ3n) is 0.852. The standard InChI is InChI=1S/C5H4F2OS/c6-4-1-3(2-8)9-5(4)7/h1,8H,2H2. The fraction of sp³-hybridized carbons (Fsp3) is 0.200. The molecule has 0 aromatic carbocycles. The Balaban J connectivity index is 2.98. The molecule has 0 unspecified atom stereocenters. The first-order valence-electron chi connectivity index (χ1n) is 2.28. The molecule has 0 radical (unpaired) electrons. The molecule has 1 aromatic rings. The highest BCUT2D eigenvalue weighted by Crippen LogP contribution is 2.18. The van der Waals surface area contributed by atoms with Gasteiger partial charge in [-0.2, -0.15) is 4.39 Å². The lowest BCUT2D eigenvalue weighted by atomic mass is 10.5. The smallest absolute Gasteiger partial charge is 0.212 e. The third kappa shape index (κ3) is 1.25. The van der Waals surface area contributed by atoms with E-state index in [9.17, 15) is 8.78 Å². The van der Waals surface area contributed by atoms with E-state index in [1.807, 2.05) is 0 Å². The Labute approximate surface area is 54.6 Å². The molecule has 1 aromatic heterocycles. The maximum atomic E-state index is 12.1. The average molecular weight is 150 g/mol. The van der Waals surface area contributed by atoms with Gasteiger partial charge in [0.05, 0.1) is 6.61 Å². The Morgan fingerprint density at radius 3 is 2.44 bits per heavy atom. The van der Waals surface area contributed by atoms with Gasteiger partial charge in [0, 0.05) is 4.88 Å². The van der Waals surface area contributed by atoms with Gasteiger partial charge in [0.1, 0.15) is 0 Å². The van der Waals surface area contributed by atoms with Gasteiger partial charge in [0.15, 0.2) is 5.82 Å². The predicted molar refractivity (Wildman–Crippen MR) is 30.2 cm³/mol. The molecule has 1 heterocycles. The molecule has 1 rings (SSSR count). The zero-order chi connectivity index (χ0) is 6.85. The maximum absolute atomic E-state index is 12.1. The van der Waals surface area contributed by atoms with Crippen LogP contribution >= 0.6 is 11.3 Å². The lowest BCUT2D eigenvalue weighted by Gasteiger charge is -1.78. The first kappa shape index (κ1) is 6.64. The summed E-state index contributed by atoms with van der Waals surface area (Å²) in [6.45, 7) is -0.300. The van der Waals surface area contributed by atoms with E-state index in [4.69, 9.17) is 5.11 Å². The van der Waals surface area contributed by atoms with Crippen molar-refractivity contribution in [2.24, 2.45) is 0 Å². The van der Waals surface area contributed by atoms with Crippen LogP contribution in [0.4, 0.5) is 8.78 Å². The quantitative estimate of drug-likeness (QED) is 0.643. The molecule has 4 heteroatoms. The van der Waals surface area contributed by atoms with Gasteiger partial charge in [-0.25, -0.2) is 4.39 Å². The SMILES string of the molecule is OCc1cc(F)c(F)s1. The van der Waals surface area contributed by atoms with Crippen molar-refractivity contribution < 1.29 is 13.9 Å². The fourth-order valence-electron chi connectivity index (χ4n) is 0.469. The van der Waals surface area contributed by atoms with Crippen molar-refractivity contribution in [3.05, 3.63) is 21.9 Å². The Kier molecular flexibility index (Phi) is 1.78. The summed E-state index contributed by atoms with van der Waals surface area (Å²) in [5.74, 6) is -0.885. The molecule has 1 N–H and O–H groups in total. The molecule has 0 bridgehead atoms. The number of hydrogen-bond donors (Lipinski definition) is 1. The second kappa shape index (κ2) is 2.41. The van der Waals surface area contributed by atoms with E-state index >= 15 is 0 Å². The zero-order valence-corrected chi connectivity index (χ0v) is 5.21. The molecule has 0 aliphatic heterocycles. The molecule has 0 atom stereocenters. The summed E-state index contributed by atoms with van der Waals surface area (Å²) < 4.78 is 24.1. The van der Waals surface area contributed by atoms with E-state index < -0.39 is 10.9 Å². The van der Waals surface area contributed by atoms with E-state index in [1.165, 1.54) is 0 Å². The van der Waals surface area contributed by atoms with Gasteiger partial charge >= 0.3 is 0 Å². The predicted octanol–water partition coefficient (Wildman–Crippen LogP) is 1.52. The summed E-state index contributed by atoms with van der Waals surface area (Å²) in [4.78, 5) is 0.310. The van der Waals surface area contributed by atoms with Crippen LogP contribution in [-0.4, -0.2) is 5.11 Å². The van der Waals surface area contributed by atoms with Gasteiger partial charge in [-0.05, 0) is 6.07 Å². The monoisotopic (exact) mass is 150 g/mol. The van der Waals surface area contributed by atoms with Crippen molar-refractivity contribution in [1.82, 2.24) is 0 Å². The van der Waals surface area contributed by atoms with Gasteiger partial charge in [-0.1, -0.05) is 0 Å². The summed E-state index contributed by atoms with van der Waals surface area (Å²) in [7, 11) is 0. The van der Waals surface area contributed by atoms with Crippen molar-refractivity contribution in [3.63, 3.8) is 0 Å². The van der Waals surface area contributed by atoms with Crippen LogP contribution in [0, 0.1) is 10.9 Å². The summed E-state index contributed by atoms with van der Waals surface area (Å²) in [5.41, 5.74) is 0. The Morgan fingerprint density at radius 2 is 2.22 bits per heavy atom. The van der Waals surface area contributed by atoms with Crippen molar-refractivity contribution in [2.45, 2.75) is 6.61 Å². The van der Waals surface area contributed by atoms with Crippen molar-refractivity contribution >= 4 is 11.3 Å². The lowest BCUT2D eigenvalue weighted by Crippen LogP contribution is -1.71. The molecule has 1 nitrogen and oxygen atoms in total. The molecule has 50 valence electrons. The Hall–Kier alpha value is -0.480.